The van der Waals surface area contributed by atoms with Gasteiger partial charge in [0.15, 0.2) is 0 Å². The van der Waals surface area contributed by atoms with Gasteiger partial charge in [-0.15, -0.1) is 11.8 Å². The Bertz CT molecular complexity index is 834. The van der Waals surface area contributed by atoms with Gasteiger partial charge in [0.05, 0.1) is 18.5 Å². The average molecular weight is 429 g/mol. The number of hydrogen-bond donors (Lipinski definition) is 2. The lowest BCUT2D eigenvalue weighted by Gasteiger charge is -2.22. The summed E-state index contributed by atoms with van der Waals surface area (Å²) in [7, 11) is 1.67. The van der Waals surface area contributed by atoms with Crippen molar-refractivity contribution in [3.05, 3.63) is 48.0 Å². The topological polar surface area (TPSA) is 50.4 Å². The molecule has 0 heterocycles. The fourth-order valence-corrected chi connectivity index (χ4v) is 3.53. The molecule has 0 aliphatic carbocycles. The Morgan fingerprint density at radius 2 is 1.63 bits per heavy atom. The van der Waals surface area contributed by atoms with E-state index >= 15 is 0 Å². The van der Waals surface area contributed by atoms with E-state index in [-0.39, 0.29) is 11.3 Å². The van der Waals surface area contributed by atoms with E-state index in [9.17, 15) is 4.79 Å². The minimum atomic E-state index is -0.449. The summed E-state index contributed by atoms with van der Waals surface area (Å²) < 4.78 is 5.22. The zero-order chi connectivity index (χ0) is 22.4. The van der Waals surface area contributed by atoms with Crippen LogP contribution < -0.4 is 15.4 Å². The lowest BCUT2D eigenvalue weighted by atomic mass is 9.92. The molecule has 0 fully saturated rings. The number of ether oxygens (including phenoxy) is 1. The van der Waals surface area contributed by atoms with Gasteiger partial charge in [0, 0.05) is 22.6 Å². The molecule has 4 nitrogen and oxygen atoms in total. The summed E-state index contributed by atoms with van der Waals surface area (Å²) in [6.07, 6.45) is 1.05. The maximum atomic E-state index is 12.6. The zero-order valence-electron chi connectivity index (χ0n) is 19.4. The first-order valence-corrected chi connectivity index (χ1v) is 11.4. The van der Waals surface area contributed by atoms with E-state index in [1.54, 1.807) is 18.9 Å². The summed E-state index contributed by atoms with van der Waals surface area (Å²) in [6.45, 7) is 13.3. The van der Waals surface area contributed by atoms with E-state index in [4.69, 9.17) is 4.74 Å². The third-order valence-corrected chi connectivity index (χ3v) is 5.74. The van der Waals surface area contributed by atoms with Crippen LogP contribution in [0.2, 0.25) is 0 Å². The van der Waals surface area contributed by atoms with Crippen LogP contribution in [0.15, 0.2) is 47.4 Å². The van der Waals surface area contributed by atoms with Crippen LogP contribution >= 0.6 is 11.8 Å². The van der Waals surface area contributed by atoms with Gasteiger partial charge in [-0.25, -0.2) is 0 Å². The molecule has 0 aliphatic rings. The molecule has 0 saturated heterocycles. The van der Waals surface area contributed by atoms with Crippen LogP contribution in [0.1, 0.15) is 53.5 Å². The Balaban J connectivity index is 2.14. The van der Waals surface area contributed by atoms with E-state index in [0.29, 0.717) is 0 Å². The van der Waals surface area contributed by atoms with E-state index < -0.39 is 5.41 Å². The molecular formula is C25H36N2O2S. The maximum absolute atomic E-state index is 12.6. The van der Waals surface area contributed by atoms with Gasteiger partial charge in [-0.3, -0.25) is 4.79 Å². The Kier molecular flexibility index (Phi) is 8.25. The number of hydrogen-bond acceptors (Lipinski definition) is 4. The first kappa shape index (κ1) is 24.1. The van der Waals surface area contributed by atoms with Crippen molar-refractivity contribution >= 4 is 29.0 Å². The summed E-state index contributed by atoms with van der Waals surface area (Å²) in [5.74, 6) is 1.73. The highest BCUT2D eigenvalue weighted by Gasteiger charge is 2.22. The van der Waals surface area contributed by atoms with Crippen LogP contribution in [0, 0.1) is 10.8 Å². The second kappa shape index (κ2) is 10.3. The number of nitrogens with one attached hydrogen (secondary N) is 2. The molecule has 0 spiro atoms. The third kappa shape index (κ3) is 7.94. The number of methoxy groups -OCH3 is 1. The van der Waals surface area contributed by atoms with Crippen LogP contribution in [0.4, 0.5) is 11.4 Å². The molecule has 2 N–H and O–H groups in total. The number of rotatable bonds is 8. The van der Waals surface area contributed by atoms with Gasteiger partial charge in [-0.05, 0) is 47.7 Å². The molecule has 0 radical (unpaired) electrons. The van der Waals surface area contributed by atoms with Gasteiger partial charge in [0.25, 0.3) is 0 Å². The number of carbonyl (C=O) groups excluding carboxylic acids is 1. The normalized spacial score (nSPS) is 11.8. The standard InChI is InChI=1S/C25H36N2O2S/c1-24(2,3)14-15-26-21-13-12-20(16-22(21)27-23(28)25(4,5)6)30-17-18-8-10-19(29-7)11-9-18/h8-13,16,26H,14-15,17H2,1-7H3,(H,27,28). The Labute approximate surface area is 186 Å². The van der Waals surface area contributed by atoms with Gasteiger partial charge < -0.3 is 15.4 Å². The zero-order valence-corrected chi connectivity index (χ0v) is 20.2. The van der Waals surface area contributed by atoms with Gasteiger partial charge in [0.2, 0.25) is 5.91 Å². The van der Waals surface area contributed by atoms with Crippen LogP contribution in [0.5, 0.6) is 5.75 Å². The number of carbonyl (C=O) groups is 1. The lowest BCUT2D eigenvalue weighted by molar-refractivity contribution is -0.123. The molecule has 164 valence electrons. The first-order chi connectivity index (χ1) is 14.0. The van der Waals surface area contributed by atoms with Crippen molar-refractivity contribution in [2.75, 3.05) is 24.3 Å². The second-order valence-electron chi connectivity index (χ2n) is 9.79. The van der Waals surface area contributed by atoms with Crippen molar-refractivity contribution in [2.45, 2.75) is 58.6 Å². The quantitative estimate of drug-likeness (QED) is 0.453. The molecule has 5 heteroatoms. The highest BCUT2D eigenvalue weighted by Crippen LogP contribution is 2.32. The summed E-state index contributed by atoms with van der Waals surface area (Å²) >= 11 is 1.75. The Morgan fingerprint density at radius 3 is 2.20 bits per heavy atom. The van der Waals surface area contributed by atoms with E-state index in [1.807, 2.05) is 32.9 Å². The van der Waals surface area contributed by atoms with Crippen LogP contribution in [-0.4, -0.2) is 19.6 Å². The number of benzene rings is 2. The van der Waals surface area contributed by atoms with E-state index in [0.717, 1.165) is 40.7 Å². The van der Waals surface area contributed by atoms with Gasteiger partial charge in [-0.1, -0.05) is 53.7 Å². The molecule has 0 atom stereocenters. The predicted octanol–water partition coefficient (Wildman–Crippen LogP) is 6.82. The van der Waals surface area contributed by atoms with Crippen LogP contribution in [0.25, 0.3) is 0 Å². The summed E-state index contributed by atoms with van der Waals surface area (Å²) in [6, 6.07) is 14.4. The molecule has 0 unspecified atom stereocenters. The van der Waals surface area contributed by atoms with Crippen LogP contribution in [-0.2, 0) is 10.5 Å². The molecule has 30 heavy (non-hydrogen) atoms. The molecule has 0 aromatic heterocycles. The SMILES string of the molecule is COc1ccc(CSc2ccc(NCCC(C)(C)C)c(NC(=O)C(C)(C)C)c2)cc1. The predicted molar refractivity (Wildman–Crippen MR) is 130 cm³/mol. The lowest BCUT2D eigenvalue weighted by Crippen LogP contribution is -2.28. The van der Waals surface area contributed by atoms with E-state index in [1.165, 1.54) is 5.56 Å². The largest absolute Gasteiger partial charge is 0.497 e. The van der Waals surface area contributed by atoms with Crippen molar-refractivity contribution in [3.63, 3.8) is 0 Å². The Hall–Kier alpha value is -2.14. The minimum absolute atomic E-state index is 0.0127. The van der Waals surface area contributed by atoms with Gasteiger partial charge in [-0.2, -0.15) is 0 Å². The molecule has 2 rings (SSSR count). The maximum Gasteiger partial charge on any atom is 0.229 e. The van der Waals surface area contributed by atoms with Crippen LogP contribution in [0.3, 0.4) is 0 Å². The molecule has 0 aliphatic heterocycles. The number of thioether (sulfide) groups is 1. The van der Waals surface area contributed by atoms with Crippen molar-refractivity contribution in [3.8, 4) is 5.75 Å². The second-order valence-corrected chi connectivity index (χ2v) is 10.8. The monoisotopic (exact) mass is 428 g/mol. The molecule has 0 bridgehead atoms. The smallest absolute Gasteiger partial charge is 0.229 e. The summed E-state index contributed by atoms with van der Waals surface area (Å²) in [5, 5.41) is 6.62. The van der Waals surface area contributed by atoms with Gasteiger partial charge >= 0.3 is 0 Å². The average Bonchev–Trinajstić information content (AvgIpc) is 2.66. The molecule has 2 aromatic carbocycles. The fourth-order valence-electron chi connectivity index (χ4n) is 2.64. The molecule has 2 aromatic rings. The van der Waals surface area contributed by atoms with Crippen molar-refractivity contribution in [2.24, 2.45) is 10.8 Å². The molecule has 0 saturated carbocycles. The Morgan fingerprint density at radius 1 is 0.967 bits per heavy atom. The highest BCUT2D eigenvalue weighted by molar-refractivity contribution is 7.98. The highest BCUT2D eigenvalue weighted by atomic mass is 32.2. The van der Waals surface area contributed by atoms with Crippen molar-refractivity contribution < 1.29 is 9.53 Å². The third-order valence-electron chi connectivity index (χ3n) is 4.68. The van der Waals surface area contributed by atoms with Crippen molar-refractivity contribution in [1.82, 2.24) is 0 Å². The number of amides is 1. The first-order valence-electron chi connectivity index (χ1n) is 10.4. The minimum Gasteiger partial charge on any atom is -0.497 e. The molecule has 1 amide bonds. The summed E-state index contributed by atoms with van der Waals surface area (Å²) in [4.78, 5) is 13.7. The summed E-state index contributed by atoms with van der Waals surface area (Å²) in [5.41, 5.74) is 2.84. The number of anilines is 2. The molecular weight excluding hydrogens is 392 g/mol. The van der Waals surface area contributed by atoms with Crippen molar-refractivity contribution in [1.29, 1.82) is 0 Å². The van der Waals surface area contributed by atoms with E-state index in [2.05, 4.69) is 61.7 Å². The fraction of sp³-hybridized carbons (Fsp3) is 0.480. The van der Waals surface area contributed by atoms with Gasteiger partial charge in [0.1, 0.15) is 5.75 Å².